The molecule has 0 bridgehead atoms. The minimum atomic E-state index is -0.762. The second-order valence-electron chi connectivity index (χ2n) is 4.34. The smallest absolute Gasteiger partial charge is 0.323 e. The Morgan fingerprint density at radius 2 is 1.90 bits per heavy atom. The number of carbonyl (C=O) groups is 1. The van der Waals surface area contributed by atoms with Crippen molar-refractivity contribution in [2.45, 2.75) is 0 Å². The van der Waals surface area contributed by atoms with Gasteiger partial charge in [-0.25, -0.2) is 18.6 Å². The Hall–Kier alpha value is -2.96. The Labute approximate surface area is 118 Å². The summed E-state index contributed by atoms with van der Waals surface area (Å²) in [6.07, 6.45) is 3.21. The molecular weight excluding hydrogens is 278 g/mol. The van der Waals surface area contributed by atoms with Crippen LogP contribution in [0.3, 0.4) is 0 Å². The Kier molecular flexibility index (Phi) is 3.23. The van der Waals surface area contributed by atoms with Gasteiger partial charge >= 0.3 is 6.03 Å². The number of aromatic amines is 1. The number of anilines is 2. The molecule has 0 aliphatic rings. The zero-order valence-electron chi connectivity index (χ0n) is 10.7. The van der Waals surface area contributed by atoms with E-state index in [0.29, 0.717) is 11.3 Å². The topological polar surface area (TPSA) is 69.8 Å². The Morgan fingerprint density at radius 1 is 1.14 bits per heavy atom. The van der Waals surface area contributed by atoms with Crippen LogP contribution in [0.2, 0.25) is 0 Å². The Bertz CT molecular complexity index is 795. The highest BCUT2D eigenvalue weighted by Crippen LogP contribution is 2.21. The molecule has 3 N–H and O–H groups in total. The number of carbonyl (C=O) groups excluding carboxylic acids is 1. The van der Waals surface area contributed by atoms with Crippen LogP contribution in [-0.2, 0) is 0 Å². The summed E-state index contributed by atoms with van der Waals surface area (Å²) in [6, 6.07) is 5.70. The molecule has 0 saturated carbocycles. The number of hydrogen-bond donors (Lipinski definition) is 3. The van der Waals surface area contributed by atoms with Crippen LogP contribution in [0.25, 0.3) is 11.0 Å². The number of urea groups is 1. The quantitative estimate of drug-likeness (QED) is 0.675. The van der Waals surface area contributed by atoms with Crippen molar-refractivity contribution in [1.82, 2.24) is 9.97 Å². The number of nitrogens with zero attached hydrogens (tertiary/aromatic N) is 1. The molecule has 7 heteroatoms. The first kappa shape index (κ1) is 13.0. The van der Waals surface area contributed by atoms with E-state index in [9.17, 15) is 13.6 Å². The molecule has 1 aromatic carbocycles. The van der Waals surface area contributed by atoms with Crippen LogP contribution in [0.5, 0.6) is 0 Å². The van der Waals surface area contributed by atoms with E-state index in [2.05, 4.69) is 20.6 Å². The van der Waals surface area contributed by atoms with Crippen molar-refractivity contribution in [2.24, 2.45) is 0 Å². The van der Waals surface area contributed by atoms with Gasteiger partial charge in [0.2, 0.25) is 0 Å². The molecule has 2 amide bonds. The molecule has 0 unspecified atom stereocenters. The van der Waals surface area contributed by atoms with Gasteiger partial charge in [0.05, 0.1) is 5.69 Å². The highest BCUT2D eigenvalue weighted by Gasteiger charge is 2.09. The van der Waals surface area contributed by atoms with Crippen LogP contribution in [0.15, 0.2) is 42.7 Å². The summed E-state index contributed by atoms with van der Waals surface area (Å²) in [5.74, 6) is -1.52. The van der Waals surface area contributed by atoms with Crippen LogP contribution >= 0.6 is 0 Å². The maximum atomic E-state index is 13.0. The summed E-state index contributed by atoms with van der Waals surface area (Å²) >= 11 is 0. The van der Waals surface area contributed by atoms with Gasteiger partial charge in [-0.15, -0.1) is 0 Å². The number of amides is 2. The lowest BCUT2D eigenvalue weighted by Crippen LogP contribution is -2.19. The fourth-order valence-electron chi connectivity index (χ4n) is 1.97. The summed E-state index contributed by atoms with van der Waals surface area (Å²) in [6.45, 7) is 0. The number of aromatic nitrogens is 2. The predicted octanol–water partition coefficient (Wildman–Crippen LogP) is 3.49. The molecule has 5 nitrogen and oxygen atoms in total. The summed E-state index contributed by atoms with van der Waals surface area (Å²) in [7, 11) is 0. The van der Waals surface area contributed by atoms with Gasteiger partial charge in [0, 0.05) is 29.5 Å². The molecule has 0 spiro atoms. The zero-order chi connectivity index (χ0) is 14.8. The molecule has 0 aliphatic heterocycles. The van der Waals surface area contributed by atoms with Crippen molar-refractivity contribution in [2.75, 3.05) is 10.6 Å². The van der Waals surface area contributed by atoms with E-state index in [0.717, 1.165) is 23.6 Å². The van der Waals surface area contributed by atoms with E-state index < -0.39 is 17.7 Å². The summed E-state index contributed by atoms with van der Waals surface area (Å²) < 4.78 is 26.1. The number of pyridine rings is 1. The van der Waals surface area contributed by atoms with Crippen molar-refractivity contribution in [3.8, 4) is 0 Å². The molecule has 2 aromatic heterocycles. The molecule has 3 rings (SSSR count). The number of nitrogens with one attached hydrogen (secondary N) is 3. The summed E-state index contributed by atoms with van der Waals surface area (Å²) in [5, 5.41) is 5.68. The molecule has 106 valence electrons. The first-order valence-electron chi connectivity index (χ1n) is 6.08. The lowest BCUT2D eigenvalue weighted by Gasteiger charge is -2.07. The van der Waals surface area contributed by atoms with E-state index in [1.54, 1.807) is 24.5 Å². The average Bonchev–Trinajstić information content (AvgIpc) is 2.81. The molecular formula is C14H10F2N4O. The second kappa shape index (κ2) is 5.20. The van der Waals surface area contributed by atoms with Gasteiger partial charge in [0.1, 0.15) is 17.3 Å². The van der Waals surface area contributed by atoms with Gasteiger partial charge in [-0.3, -0.25) is 0 Å². The van der Waals surface area contributed by atoms with Crippen molar-refractivity contribution in [3.63, 3.8) is 0 Å². The first-order chi connectivity index (χ1) is 10.1. The van der Waals surface area contributed by atoms with Crippen molar-refractivity contribution >= 4 is 28.4 Å². The van der Waals surface area contributed by atoms with Gasteiger partial charge in [0.25, 0.3) is 0 Å². The number of hydrogen-bond acceptors (Lipinski definition) is 2. The Balaban J connectivity index is 1.77. The van der Waals surface area contributed by atoms with Gasteiger partial charge < -0.3 is 15.6 Å². The number of rotatable bonds is 2. The van der Waals surface area contributed by atoms with Gasteiger partial charge in [-0.2, -0.15) is 0 Å². The maximum Gasteiger partial charge on any atom is 0.323 e. The molecule has 0 radical (unpaired) electrons. The third kappa shape index (κ3) is 2.81. The zero-order valence-corrected chi connectivity index (χ0v) is 10.7. The van der Waals surface area contributed by atoms with Crippen molar-refractivity contribution in [1.29, 1.82) is 0 Å². The normalized spacial score (nSPS) is 10.6. The van der Waals surface area contributed by atoms with Gasteiger partial charge in [0.15, 0.2) is 0 Å². The fourth-order valence-corrected chi connectivity index (χ4v) is 1.97. The third-order valence-electron chi connectivity index (χ3n) is 2.82. The third-order valence-corrected chi connectivity index (χ3v) is 2.82. The van der Waals surface area contributed by atoms with E-state index in [4.69, 9.17) is 0 Å². The minimum Gasteiger partial charge on any atom is -0.344 e. The van der Waals surface area contributed by atoms with E-state index >= 15 is 0 Å². The highest BCUT2D eigenvalue weighted by atomic mass is 19.1. The molecule has 0 aliphatic carbocycles. The number of fused-ring (bicyclic) bond motifs is 1. The molecule has 21 heavy (non-hydrogen) atoms. The number of benzene rings is 1. The van der Waals surface area contributed by atoms with Crippen molar-refractivity contribution in [3.05, 3.63) is 54.4 Å². The first-order valence-corrected chi connectivity index (χ1v) is 6.08. The van der Waals surface area contributed by atoms with E-state index in [1.165, 1.54) is 0 Å². The van der Waals surface area contributed by atoms with E-state index in [-0.39, 0.29) is 5.69 Å². The summed E-state index contributed by atoms with van der Waals surface area (Å²) in [4.78, 5) is 18.8. The van der Waals surface area contributed by atoms with Crippen LogP contribution in [0.1, 0.15) is 0 Å². The number of H-pyrrole nitrogens is 1. The largest absolute Gasteiger partial charge is 0.344 e. The van der Waals surface area contributed by atoms with Crippen molar-refractivity contribution < 1.29 is 13.6 Å². The maximum absolute atomic E-state index is 13.0. The average molecular weight is 288 g/mol. The lowest BCUT2D eigenvalue weighted by atomic mass is 10.3. The molecule has 2 heterocycles. The number of halogens is 2. The summed E-state index contributed by atoms with van der Waals surface area (Å²) in [5.41, 5.74) is 1.18. The lowest BCUT2D eigenvalue weighted by molar-refractivity contribution is 0.262. The van der Waals surface area contributed by atoms with E-state index in [1.807, 2.05) is 0 Å². The Morgan fingerprint density at radius 3 is 2.67 bits per heavy atom. The fraction of sp³-hybridized carbons (Fsp3) is 0. The predicted molar refractivity (Wildman–Crippen MR) is 75.1 cm³/mol. The van der Waals surface area contributed by atoms with Gasteiger partial charge in [-0.1, -0.05) is 0 Å². The van der Waals surface area contributed by atoms with Crippen LogP contribution in [0.4, 0.5) is 25.0 Å². The van der Waals surface area contributed by atoms with Crippen LogP contribution in [0, 0.1) is 11.6 Å². The molecule has 0 saturated heterocycles. The molecule has 0 fully saturated rings. The molecule has 3 aromatic rings. The standard InChI is InChI=1S/C14H10F2N4O/c15-8-4-9(16)6-10(5-8)19-14(21)20-12-7-18-13-11(12)2-1-3-17-13/h1-7H,(H,17,18)(H2,19,20,21). The highest BCUT2D eigenvalue weighted by molar-refractivity contribution is 6.05. The molecule has 0 atom stereocenters. The van der Waals surface area contributed by atoms with Gasteiger partial charge in [-0.05, 0) is 24.3 Å². The van der Waals surface area contributed by atoms with Crippen LogP contribution < -0.4 is 10.6 Å². The van der Waals surface area contributed by atoms with Crippen LogP contribution in [-0.4, -0.2) is 16.0 Å². The second-order valence-corrected chi connectivity index (χ2v) is 4.34. The SMILES string of the molecule is O=C(Nc1cc(F)cc(F)c1)Nc1c[nH]c2ncccc12. The minimum absolute atomic E-state index is 0.0305. The monoisotopic (exact) mass is 288 g/mol.